The molecule has 3 nitrogen and oxygen atoms in total. The van der Waals surface area contributed by atoms with E-state index in [-0.39, 0.29) is 5.78 Å². The number of carbonyl (C=O) groups excluding carboxylic acids is 1. The van der Waals surface area contributed by atoms with Crippen LogP contribution in [0.5, 0.6) is 5.75 Å². The Balaban J connectivity index is 2.61. The quantitative estimate of drug-likeness (QED) is 0.851. The molecule has 0 amide bonds. The maximum absolute atomic E-state index is 11.4. The molecule has 0 unspecified atom stereocenters. The van der Waals surface area contributed by atoms with Gasteiger partial charge in [0.05, 0.1) is 12.8 Å². The van der Waals surface area contributed by atoms with Crippen molar-refractivity contribution in [1.29, 1.82) is 0 Å². The molecule has 0 radical (unpaired) electrons. The van der Waals surface area contributed by atoms with E-state index in [2.05, 4.69) is 30.5 Å². The average Bonchev–Trinajstić information content (AvgIpc) is 2.63. The highest BCUT2D eigenvalue weighted by atomic mass is 16.5. The van der Waals surface area contributed by atoms with Gasteiger partial charge in [-0.1, -0.05) is 6.07 Å². The minimum Gasteiger partial charge on any atom is -0.495 e. The summed E-state index contributed by atoms with van der Waals surface area (Å²) in [7, 11) is 1.68. The zero-order valence-corrected chi connectivity index (χ0v) is 12.8. The zero-order valence-electron chi connectivity index (χ0n) is 12.8. The first-order chi connectivity index (χ1) is 9.43. The van der Waals surface area contributed by atoms with E-state index in [9.17, 15) is 4.79 Å². The highest BCUT2D eigenvalue weighted by Gasteiger charge is 2.15. The summed E-state index contributed by atoms with van der Waals surface area (Å²) < 4.78 is 7.62. The van der Waals surface area contributed by atoms with Gasteiger partial charge < -0.3 is 9.30 Å². The van der Waals surface area contributed by atoms with Gasteiger partial charge in [-0.05, 0) is 57.0 Å². The van der Waals surface area contributed by atoms with Crippen molar-refractivity contribution < 1.29 is 9.53 Å². The van der Waals surface area contributed by atoms with Crippen LogP contribution in [0.1, 0.15) is 29.4 Å². The van der Waals surface area contributed by atoms with Gasteiger partial charge in [0.15, 0.2) is 0 Å². The molecule has 0 saturated heterocycles. The van der Waals surface area contributed by atoms with E-state index in [4.69, 9.17) is 4.74 Å². The van der Waals surface area contributed by atoms with E-state index in [1.807, 2.05) is 19.1 Å². The van der Waals surface area contributed by atoms with Crippen LogP contribution in [0.15, 0.2) is 24.3 Å². The Morgan fingerprint density at radius 2 is 1.90 bits per heavy atom. The van der Waals surface area contributed by atoms with E-state index in [1.54, 1.807) is 14.0 Å². The summed E-state index contributed by atoms with van der Waals surface area (Å²) in [5, 5.41) is 0. The van der Waals surface area contributed by atoms with Crippen LogP contribution in [0.3, 0.4) is 0 Å². The number of ketones is 1. The molecular formula is C17H21NO2. The Bertz CT molecular complexity index is 653. The van der Waals surface area contributed by atoms with Crippen molar-refractivity contribution in [2.75, 3.05) is 7.11 Å². The summed E-state index contributed by atoms with van der Waals surface area (Å²) in [6.45, 7) is 7.79. The lowest BCUT2D eigenvalue weighted by molar-refractivity contribution is -0.116. The van der Waals surface area contributed by atoms with E-state index in [1.165, 1.54) is 5.56 Å². The summed E-state index contributed by atoms with van der Waals surface area (Å²) in [4.78, 5) is 11.4. The monoisotopic (exact) mass is 271 g/mol. The molecule has 1 aromatic carbocycles. The second-order valence-electron chi connectivity index (χ2n) is 5.29. The minimum atomic E-state index is 0.182. The predicted molar refractivity (Wildman–Crippen MR) is 80.9 cm³/mol. The molecule has 2 aromatic rings. The van der Waals surface area contributed by atoms with Gasteiger partial charge in [0.1, 0.15) is 11.5 Å². The number of aromatic nitrogens is 1. The molecule has 1 aromatic heterocycles. The number of Topliss-reactive ketones (excluding diaryl/α,β-unsaturated/α-hetero) is 1. The Hall–Kier alpha value is -2.03. The lowest BCUT2D eigenvalue weighted by Gasteiger charge is -2.15. The van der Waals surface area contributed by atoms with Gasteiger partial charge >= 0.3 is 0 Å². The molecule has 0 aliphatic rings. The third-order valence-corrected chi connectivity index (χ3v) is 3.55. The Morgan fingerprint density at radius 1 is 1.20 bits per heavy atom. The van der Waals surface area contributed by atoms with E-state index < -0.39 is 0 Å². The molecule has 2 rings (SSSR count). The molecular weight excluding hydrogens is 250 g/mol. The fourth-order valence-electron chi connectivity index (χ4n) is 2.62. The minimum absolute atomic E-state index is 0.182. The maximum atomic E-state index is 11.4. The van der Waals surface area contributed by atoms with Crippen molar-refractivity contribution in [2.24, 2.45) is 0 Å². The number of methoxy groups -OCH3 is 1. The summed E-state index contributed by atoms with van der Waals surface area (Å²) in [6.07, 6.45) is 0.480. The van der Waals surface area contributed by atoms with E-state index in [0.29, 0.717) is 6.42 Å². The van der Waals surface area contributed by atoms with E-state index >= 15 is 0 Å². The number of aryl methyl sites for hydroxylation is 2. The van der Waals surface area contributed by atoms with Crippen LogP contribution < -0.4 is 4.74 Å². The molecule has 0 aliphatic heterocycles. The smallest absolute Gasteiger partial charge is 0.142 e. The van der Waals surface area contributed by atoms with Crippen molar-refractivity contribution >= 4 is 5.78 Å². The predicted octanol–water partition coefficient (Wildman–Crippen LogP) is 3.54. The lowest BCUT2D eigenvalue weighted by atomic mass is 10.1. The van der Waals surface area contributed by atoms with Gasteiger partial charge in [-0.3, -0.25) is 4.79 Å². The van der Waals surface area contributed by atoms with Crippen LogP contribution in [0, 0.1) is 20.8 Å². The fraction of sp³-hybridized carbons (Fsp3) is 0.353. The van der Waals surface area contributed by atoms with Crippen molar-refractivity contribution in [1.82, 2.24) is 4.57 Å². The van der Waals surface area contributed by atoms with Crippen LogP contribution in [0.25, 0.3) is 5.69 Å². The molecule has 0 atom stereocenters. The molecule has 0 spiro atoms. The third-order valence-electron chi connectivity index (χ3n) is 3.55. The largest absolute Gasteiger partial charge is 0.495 e. The molecule has 20 heavy (non-hydrogen) atoms. The highest BCUT2D eigenvalue weighted by Crippen LogP contribution is 2.29. The normalized spacial score (nSPS) is 10.7. The summed E-state index contributed by atoms with van der Waals surface area (Å²) in [5.41, 5.74) is 5.50. The number of hydrogen-bond acceptors (Lipinski definition) is 2. The molecule has 0 aliphatic carbocycles. The Labute approximate surface area is 120 Å². The van der Waals surface area contributed by atoms with Gasteiger partial charge in [-0.15, -0.1) is 0 Å². The van der Waals surface area contributed by atoms with E-state index in [0.717, 1.165) is 28.4 Å². The Morgan fingerprint density at radius 3 is 2.50 bits per heavy atom. The second-order valence-corrected chi connectivity index (χ2v) is 5.29. The second kappa shape index (κ2) is 5.53. The number of nitrogens with zero attached hydrogens (tertiary/aromatic N) is 1. The van der Waals surface area contributed by atoms with Gasteiger partial charge in [-0.25, -0.2) is 0 Å². The van der Waals surface area contributed by atoms with Gasteiger partial charge in [0, 0.05) is 17.8 Å². The standard InChI is InChI=1S/C17H21NO2/c1-11-6-7-17(20-5)16(8-11)18-12(2)9-15(14(18)4)10-13(3)19/h6-9H,10H2,1-5H3. The third kappa shape index (κ3) is 2.62. The first-order valence-electron chi connectivity index (χ1n) is 6.76. The molecule has 0 N–H and O–H groups in total. The number of benzene rings is 1. The zero-order chi connectivity index (χ0) is 14.9. The van der Waals surface area contributed by atoms with Crippen LogP contribution in [0.2, 0.25) is 0 Å². The molecule has 3 heteroatoms. The first kappa shape index (κ1) is 14.4. The lowest BCUT2D eigenvalue weighted by Crippen LogP contribution is -2.04. The fourth-order valence-corrected chi connectivity index (χ4v) is 2.62. The number of hydrogen-bond donors (Lipinski definition) is 0. The van der Waals surface area contributed by atoms with Crippen molar-refractivity contribution in [3.63, 3.8) is 0 Å². The number of carbonyl (C=O) groups is 1. The van der Waals surface area contributed by atoms with Crippen LogP contribution >= 0.6 is 0 Å². The van der Waals surface area contributed by atoms with Gasteiger partial charge in [0.2, 0.25) is 0 Å². The van der Waals surface area contributed by atoms with Gasteiger partial charge in [-0.2, -0.15) is 0 Å². The first-order valence-corrected chi connectivity index (χ1v) is 6.76. The molecule has 0 bridgehead atoms. The van der Waals surface area contributed by atoms with Crippen LogP contribution in [-0.2, 0) is 11.2 Å². The molecule has 0 fully saturated rings. The molecule has 0 saturated carbocycles. The SMILES string of the molecule is COc1ccc(C)cc1-n1c(C)cc(CC(C)=O)c1C. The van der Waals surface area contributed by atoms with Crippen molar-refractivity contribution in [3.8, 4) is 11.4 Å². The maximum Gasteiger partial charge on any atom is 0.142 e. The average molecular weight is 271 g/mol. The van der Waals surface area contributed by atoms with Crippen molar-refractivity contribution in [2.45, 2.75) is 34.1 Å². The van der Waals surface area contributed by atoms with Crippen LogP contribution in [-0.4, -0.2) is 17.5 Å². The van der Waals surface area contributed by atoms with Crippen molar-refractivity contribution in [3.05, 3.63) is 46.8 Å². The van der Waals surface area contributed by atoms with Crippen LogP contribution in [0.4, 0.5) is 0 Å². The highest BCUT2D eigenvalue weighted by molar-refractivity contribution is 5.78. The Kier molecular flexibility index (Phi) is 3.98. The molecule has 1 heterocycles. The number of ether oxygens (including phenoxy) is 1. The summed E-state index contributed by atoms with van der Waals surface area (Å²) in [6, 6.07) is 8.20. The topological polar surface area (TPSA) is 31.2 Å². The van der Waals surface area contributed by atoms with Gasteiger partial charge in [0.25, 0.3) is 0 Å². The molecule has 106 valence electrons. The number of rotatable bonds is 4. The summed E-state index contributed by atoms with van der Waals surface area (Å²) >= 11 is 0. The summed E-state index contributed by atoms with van der Waals surface area (Å²) in [5.74, 6) is 1.02.